The molecule has 0 amide bonds. The predicted molar refractivity (Wildman–Crippen MR) is 64.1 cm³/mol. The molecule has 102 valence electrons. The van der Waals surface area contributed by atoms with E-state index in [1.54, 1.807) is 21.3 Å². The molecule has 0 N–H and O–H groups in total. The third-order valence-electron chi connectivity index (χ3n) is 1.87. The Balaban J connectivity index is 3.60. The van der Waals surface area contributed by atoms with E-state index in [1.807, 2.05) is 0 Å². The Labute approximate surface area is 104 Å². The van der Waals surface area contributed by atoms with Crippen LogP contribution in [0.4, 0.5) is 0 Å². The molecule has 0 spiro atoms. The first-order valence-electron chi connectivity index (χ1n) is 5.63. The summed E-state index contributed by atoms with van der Waals surface area (Å²) in [5, 5.41) is 0. The van der Waals surface area contributed by atoms with Crippen molar-refractivity contribution in [3.8, 4) is 0 Å². The van der Waals surface area contributed by atoms with E-state index in [4.69, 9.17) is 28.3 Å². The molecule has 0 radical (unpaired) electrons. The van der Waals surface area contributed by atoms with Crippen LogP contribution in [0.25, 0.3) is 0 Å². The highest BCUT2D eigenvalue weighted by Gasteiger charge is 2.18. The van der Waals surface area contributed by atoms with Crippen molar-refractivity contribution in [2.75, 3.05) is 67.5 Å². The SMILES string of the molecule is COCCOCB(OCCOC)OCCOC. The first-order valence-corrected chi connectivity index (χ1v) is 5.63. The molecular weight excluding hydrogens is 227 g/mol. The van der Waals surface area contributed by atoms with E-state index in [0.29, 0.717) is 46.1 Å². The van der Waals surface area contributed by atoms with E-state index >= 15 is 0 Å². The average Bonchev–Trinajstić information content (AvgIpc) is 2.34. The van der Waals surface area contributed by atoms with Crippen LogP contribution in [-0.4, -0.2) is 74.6 Å². The summed E-state index contributed by atoms with van der Waals surface area (Å²) < 4.78 is 30.9. The minimum Gasteiger partial charge on any atom is -0.407 e. The third kappa shape index (κ3) is 12.1. The molecular formula is C10H23BO6. The molecule has 0 aromatic carbocycles. The minimum absolute atomic E-state index is 0.372. The summed E-state index contributed by atoms with van der Waals surface area (Å²) in [6.07, 6.45) is 0. The van der Waals surface area contributed by atoms with Gasteiger partial charge in [-0.25, -0.2) is 0 Å². The van der Waals surface area contributed by atoms with Crippen molar-refractivity contribution < 1.29 is 28.3 Å². The standard InChI is InChI=1S/C10H23BO6/c1-12-4-7-15-10-11(16-8-5-13-2)17-9-6-14-3/h4-10H2,1-3H3. The van der Waals surface area contributed by atoms with Gasteiger partial charge < -0.3 is 28.3 Å². The number of rotatable bonds is 13. The average molecular weight is 250 g/mol. The van der Waals surface area contributed by atoms with E-state index in [2.05, 4.69) is 0 Å². The summed E-state index contributed by atoms with van der Waals surface area (Å²) in [5.41, 5.74) is 0. The molecule has 7 heteroatoms. The number of ether oxygens (including phenoxy) is 4. The van der Waals surface area contributed by atoms with Crippen LogP contribution in [0.15, 0.2) is 0 Å². The Bertz CT molecular complexity index is 139. The van der Waals surface area contributed by atoms with Gasteiger partial charge in [-0.05, 0) is 0 Å². The van der Waals surface area contributed by atoms with E-state index in [1.165, 1.54) is 0 Å². The van der Waals surface area contributed by atoms with Crippen molar-refractivity contribution >= 4 is 7.12 Å². The molecule has 0 aliphatic heterocycles. The Hall–Kier alpha value is -0.175. The minimum atomic E-state index is -0.392. The zero-order chi connectivity index (χ0) is 12.8. The van der Waals surface area contributed by atoms with Crippen LogP contribution in [0, 0.1) is 0 Å². The molecule has 0 saturated carbocycles. The van der Waals surface area contributed by atoms with Crippen LogP contribution in [0.2, 0.25) is 0 Å². The topological polar surface area (TPSA) is 55.4 Å². The van der Waals surface area contributed by atoms with Gasteiger partial charge in [0.05, 0.1) is 46.1 Å². The second-order valence-electron chi connectivity index (χ2n) is 3.22. The van der Waals surface area contributed by atoms with Crippen molar-refractivity contribution in [3.63, 3.8) is 0 Å². The monoisotopic (exact) mass is 250 g/mol. The second-order valence-corrected chi connectivity index (χ2v) is 3.22. The number of methoxy groups -OCH3 is 3. The fourth-order valence-electron chi connectivity index (χ4n) is 0.992. The molecule has 0 heterocycles. The van der Waals surface area contributed by atoms with Crippen molar-refractivity contribution in [1.82, 2.24) is 0 Å². The molecule has 0 unspecified atom stereocenters. The maximum atomic E-state index is 5.44. The van der Waals surface area contributed by atoms with Gasteiger partial charge in [0.25, 0.3) is 0 Å². The lowest BCUT2D eigenvalue weighted by atomic mass is 9.92. The van der Waals surface area contributed by atoms with Crippen molar-refractivity contribution in [2.24, 2.45) is 0 Å². The van der Waals surface area contributed by atoms with Crippen LogP contribution >= 0.6 is 0 Å². The maximum absolute atomic E-state index is 5.44. The lowest BCUT2D eigenvalue weighted by Gasteiger charge is -2.14. The summed E-state index contributed by atoms with van der Waals surface area (Å²) in [6.45, 7) is 3.46. The normalized spacial score (nSPS) is 10.8. The third-order valence-corrected chi connectivity index (χ3v) is 1.87. The van der Waals surface area contributed by atoms with Gasteiger partial charge in [-0.2, -0.15) is 0 Å². The molecule has 0 saturated heterocycles. The van der Waals surface area contributed by atoms with E-state index in [9.17, 15) is 0 Å². The van der Waals surface area contributed by atoms with E-state index in [0.717, 1.165) is 0 Å². The lowest BCUT2D eigenvalue weighted by molar-refractivity contribution is 0.0579. The lowest BCUT2D eigenvalue weighted by Crippen LogP contribution is -2.32. The van der Waals surface area contributed by atoms with Crippen LogP contribution in [-0.2, 0) is 28.3 Å². The summed E-state index contributed by atoms with van der Waals surface area (Å²) in [7, 11) is 4.49. The van der Waals surface area contributed by atoms with E-state index in [-0.39, 0.29) is 0 Å². The second kappa shape index (κ2) is 13.9. The summed E-state index contributed by atoms with van der Waals surface area (Å²) in [4.78, 5) is 0. The fraction of sp³-hybridized carbons (Fsp3) is 1.00. The molecule has 0 fully saturated rings. The van der Waals surface area contributed by atoms with Gasteiger partial charge in [0.15, 0.2) is 0 Å². The zero-order valence-electron chi connectivity index (χ0n) is 11.0. The number of hydrogen-bond acceptors (Lipinski definition) is 6. The fourth-order valence-corrected chi connectivity index (χ4v) is 0.992. The molecule has 0 rings (SSSR count). The first kappa shape index (κ1) is 16.8. The van der Waals surface area contributed by atoms with Gasteiger partial charge in [0.1, 0.15) is 0 Å². The summed E-state index contributed by atoms with van der Waals surface area (Å²) >= 11 is 0. The largest absolute Gasteiger partial charge is 0.484 e. The van der Waals surface area contributed by atoms with Gasteiger partial charge in [0.2, 0.25) is 0 Å². The molecule has 0 atom stereocenters. The number of hydrogen-bond donors (Lipinski definition) is 0. The van der Waals surface area contributed by atoms with Crippen LogP contribution in [0.5, 0.6) is 0 Å². The summed E-state index contributed by atoms with van der Waals surface area (Å²) in [5.74, 6) is 0. The van der Waals surface area contributed by atoms with Gasteiger partial charge >= 0.3 is 7.12 Å². The zero-order valence-corrected chi connectivity index (χ0v) is 11.0. The van der Waals surface area contributed by atoms with Crippen LogP contribution in [0.3, 0.4) is 0 Å². The highest BCUT2D eigenvalue weighted by molar-refractivity contribution is 6.44. The van der Waals surface area contributed by atoms with Crippen LogP contribution in [0.1, 0.15) is 0 Å². The van der Waals surface area contributed by atoms with E-state index < -0.39 is 7.12 Å². The van der Waals surface area contributed by atoms with Gasteiger partial charge in [-0.1, -0.05) is 0 Å². The highest BCUT2D eigenvalue weighted by atomic mass is 16.6. The van der Waals surface area contributed by atoms with Gasteiger partial charge in [-0.15, -0.1) is 0 Å². The molecule has 0 aromatic rings. The molecule has 0 aliphatic rings. The smallest absolute Gasteiger partial charge is 0.407 e. The summed E-state index contributed by atoms with van der Waals surface area (Å²) in [6, 6.07) is 0. The Kier molecular flexibility index (Phi) is 13.7. The molecule has 6 nitrogen and oxygen atoms in total. The first-order chi connectivity index (χ1) is 8.35. The van der Waals surface area contributed by atoms with Crippen molar-refractivity contribution in [2.45, 2.75) is 0 Å². The Morgan fingerprint density at radius 2 is 1.12 bits per heavy atom. The van der Waals surface area contributed by atoms with Crippen molar-refractivity contribution in [3.05, 3.63) is 0 Å². The predicted octanol–water partition coefficient (Wildman–Crippen LogP) is 0.00280. The quantitative estimate of drug-likeness (QED) is 0.339. The molecule has 0 bridgehead atoms. The van der Waals surface area contributed by atoms with Crippen molar-refractivity contribution in [1.29, 1.82) is 0 Å². The molecule has 0 aromatic heterocycles. The maximum Gasteiger partial charge on any atom is 0.484 e. The van der Waals surface area contributed by atoms with Gasteiger partial charge in [-0.3, -0.25) is 0 Å². The van der Waals surface area contributed by atoms with Crippen LogP contribution < -0.4 is 0 Å². The Morgan fingerprint density at radius 1 is 0.647 bits per heavy atom. The molecule has 0 aliphatic carbocycles. The van der Waals surface area contributed by atoms with Gasteiger partial charge in [0, 0.05) is 21.3 Å². The highest BCUT2D eigenvalue weighted by Crippen LogP contribution is 1.93. The Morgan fingerprint density at radius 3 is 1.59 bits per heavy atom. The molecule has 17 heavy (non-hydrogen) atoms.